The Bertz CT molecular complexity index is 645. The first-order chi connectivity index (χ1) is 11.4. The van der Waals surface area contributed by atoms with E-state index in [0.29, 0.717) is 37.2 Å². The number of rotatable bonds is 10. The number of nitrogens with one attached hydrogen (secondary N) is 2. The summed E-state index contributed by atoms with van der Waals surface area (Å²) in [5.41, 5.74) is 7.34. The highest BCUT2D eigenvalue weighted by Crippen LogP contribution is 2.16. The van der Waals surface area contributed by atoms with E-state index in [-0.39, 0.29) is 6.54 Å². The number of guanidine groups is 1. The zero-order chi connectivity index (χ0) is 18.0. The fourth-order valence-electron chi connectivity index (χ4n) is 2.02. The van der Waals surface area contributed by atoms with E-state index in [4.69, 9.17) is 10.5 Å². The molecule has 0 saturated heterocycles. The summed E-state index contributed by atoms with van der Waals surface area (Å²) in [4.78, 5) is 4.45. The summed E-state index contributed by atoms with van der Waals surface area (Å²) in [5, 5.41) is 2.88. The van der Waals surface area contributed by atoms with Gasteiger partial charge >= 0.3 is 0 Å². The van der Waals surface area contributed by atoms with E-state index in [1.807, 2.05) is 19.9 Å². The quantitative estimate of drug-likeness (QED) is 0.328. The molecule has 0 bridgehead atoms. The number of benzene rings is 1. The van der Waals surface area contributed by atoms with Crippen LogP contribution in [0.2, 0.25) is 0 Å². The first-order valence-electron chi connectivity index (χ1n) is 8.05. The van der Waals surface area contributed by atoms with E-state index >= 15 is 0 Å². The molecule has 0 aliphatic carbocycles. The van der Waals surface area contributed by atoms with Crippen molar-refractivity contribution >= 4 is 16.0 Å². The van der Waals surface area contributed by atoms with Gasteiger partial charge in [0.15, 0.2) is 5.96 Å². The molecule has 0 atom stereocenters. The molecule has 0 unspecified atom stereocenters. The fraction of sp³-hybridized carbons (Fsp3) is 0.562. The van der Waals surface area contributed by atoms with E-state index < -0.39 is 10.0 Å². The van der Waals surface area contributed by atoms with Gasteiger partial charge in [0.05, 0.1) is 4.90 Å². The van der Waals surface area contributed by atoms with Crippen molar-refractivity contribution in [2.75, 3.05) is 32.8 Å². The van der Waals surface area contributed by atoms with Gasteiger partial charge in [-0.15, -0.1) is 0 Å². The average molecular weight is 356 g/mol. The number of ether oxygens (including phenoxy) is 1. The predicted molar refractivity (Wildman–Crippen MR) is 96.7 cm³/mol. The van der Waals surface area contributed by atoms with Gasteiger partial charge in [0.1, 0.15) is 0 Å². The molecule has 0 saturated carbocycles. The molecule has 1 rings (SSSR count). The number of aliphatic imine (C=N–C) groups is 1. The van der Waals surface area contributed by atoms with Crippen LogP contribution in [0.4, 0.5) is 0 Å². The summed E-state index contributed by atoms with van der Waals surface area (Å²) in [6, 6.07) is 5.35. The van der Waals surface area contributed by atoms with Crippen molar-refractivity contribution in [1.29, 1.82) is 0 Å². The van der Waals surface area contributed by atoms with E-state index in [0.717, 1.165) is 17.5 Å². The Hall–Kier alpha value is -1.64. The van der Waals surface area contributed by atoms with Gasteiger partial charge in [-0.3, -0.25) is 4.99 Å². The second kappa shape index (κ2) is 10.3. The molecule has 0 heterocycles. The highest BCUT2D eigenvalue weighted by molar-refractivity contribution is 7.89. The molecule has 0 spiro atoms. The van der Waals surface area contributed by atoms with Crippen LogP contribution >= 0.6 is 0 Å². The molecule has 1 aromatic carbocycles. The number of sulfonamides is 1. The maximum Gasteiger partial charge on any atom is 0.240 e. The standard InChI is InChI=1S/C16H28N4O3S/c1-4-23-11-5-8-18-16(17)19-9-10-20-24(21,22)15-12-13(2)6-7-14(15)3/h6-7,12,20H,4-5,8-11H2,1-3H3,(H3,17,18,19). The Labute approximate surface area is 144 Å². The normalized spacial score (nSPS) is 12.4. The van der Waals surface area contributed by atoms with Crippen LogP contribution in [-0.2, 0) is 14.8 Å². The Kier molecular flexibility index (Phi) is 8.73. The van der Waals surface area contributed by atoms with E-state index in [9.17, 15) is 8.42 Å². The van der Waals surface area contributed by atoms with Gasteiger partial charge in [-0.05, 0) is 44.4 Å². The predicted octanol–water partition coefficient (Wildman–Crippen LogP) is 0.913. The van der Waals surface area contributed by atoms with Gasteiger partial charge in [-0.1, -0.05) is 12.1 Å². The van der Waals surface area contributed by atoms with Gasteiger partial charge in [-0.2, -0.15) is 0 Å². The zero-order valence-corrected chi connectivity index (χ0v) is 15.4. The van der Waals surface area contributed by atoms with Crippen LogP contribution in [-0.4, -0.2) is 47.2 Å². The van der Waals surface area contributed by atoms with E-state index in [2.05, 4.69) is 15.0 Å². The molecule has 7 nitrogen and oxygen atoms in total. The summed E-state index contributed by atoms with van der Waals surface area (Å²) in [6.45, 7) is 8.10. The Morgan fingerprint density at radius 1 is 1.29 bits per heavy atom. The lowest BCUT2D eigenvalue weighted by atomic mass is 10.2. The first kappa shape index (κ1) is 20.4. The van der Waals surface area contributed by atoms with Crippen molar-refractivity contribution in [1.82, 2.24) is 10.0 Å². The van der Waals surface area contributed by atoms with Gasteiger partial charge in [0.25, 0.3) is 0 Å². The molecule has 136 valence electrons. The van der Waals surface area contributed by atoms with Crippen molar-refractivity contribution in [3.8, 4) is 0 Å². The maximum absolute atomic E-state index is 12.3. The molecule has 0 aliphatic rings. The molecule has 8 heteroatoms. The van der Waals surface area contributed by atoms with Crippen LogP contribution in [0.5, 0.6) is 0 Å². The largest absolute Gasteiger partial charge is 0.382 e. The smallest absolute Gasteiger partial charge is 0.240 e. The number of hydrogen-bond acceptors (Lipinski definition) is 4. The summed E-state index contributed by atoms with van der Waals surface area (Å²) >= 11 is 0. The SMILES string of the molecule is CCOCCCN=C(N)NCCNS(=O)(=O)c1cc(C)ccc1C. The summed E-state index contributed by atoms with van der Waals surface area (Å²) < 4.78 is 32.4. The van der Waals surface area contributed by atoms with Crippen LogP contribution in [0.3, 0.4) is 0 Å². The van der Waals surface area contributed by atoms with Gasteiger partial charge in [-0.25, -0.2) is 13.1 Å². The van der Waals surface area contributed by atoms with Crippen molar-refractivity contribution in [3.63, 3.8) is 0 Å². The van der Waals surface area contributed by atoms with Crippen LogP contribution in [0.1, 0.15) is 24.5 Å². The van der Waals surface area contributed by atoms with Crippen LogP contribution in [0.25, 0.3) is 0 Å². The van der Waals surface area contributed by atoms with Gasteiger partial charge in [0, 0.05) is 32.8 Å². The van der Waals surface area contributed by atoms with Gasteiger partial charge in [0.2, 0.25) is 10.0 Å². The molecule has 0 radical (unpaired) electrons. The van der Waals surface area contributed by atoms with Crippen molar-refractivity contribution in [2.45, 2.75) is 32.1 Å². The minimum absolute atomic E-state index is 0.227. The molecular formula is C16H28N4O3S. The fourth-order valence-corrected chi connectivity index (χ4v) is 3.38. The van der Waals surface area contributed by atoms with Crippen LogP contribution in [0, 0.1) is 13.8 Å². The average Bonchev–Trinajstić information content (AvgIpc) is 2.53. The highest BCUT2D eigenvalue weighted by Gasteiger charge is 2.16. The molecule has 0 fully saturated rings. The lowest BCUT2D eigenvalue weighted by molar-refractivity contribution is 0.146. The summed E-state index contributed by atoms with van der Waals surface area (Å²) in [7, 11) is -3.53. The minimum Gasteiger partial charge on any atom is -0.382 e. The zero-order valence-electron chi connectivity index (χ0n) is 14.6. The Balaban J connectivity index is 2.38. The third kappa shape index (κ3) is 7.29. The Morgan fingerprint density at radius 3 is 2.75 bits per heavy atom. The third-order valence-corrected chi connectivity index (χ3v) is 4.89. The molecule has 0 amide bonds. The maximum atomic E-state index is 12.3. The lowest BCUT2D eigenvalue weighted by Gasteiger charge is -2.11. The molecule has 0 aromatic heterocycles. The number of aryl methyl sites for hydroxylation is 2. The number of nitrogens with zero attached hydrogens (tertiary/aromatic N) is 1. The van der Waals surface area contributed by atoms with E-state index in [1.54, 1.807) is 19.1 Å². The Morgan fingerprint density at radius 2 is 2.04 bits per heavy atom. The first-order valence-corrected chi connectivity index (χ1v) is 9.53. The summed E-state index contributed by atoms with van der Waals surface area (Å²) in [5.74, 6) is 0.303. The lowest BCUT2D eigenvalue weighted by Crippen LogP contribution is -2.38. The monoisotopic (exact) mass is 356 g/mol. The van der Waals surface area contributed by atoms with Crippen molar-refractivity contribution in [3.05, 3.63) is 29.3 Å². The van der Waals surface area contributed by atoms with Crippen LogP contribution < -0.4 is 15.8 Å². The molecular weight excluding hydrogens is 328 g/mol. The van der Waals surface area contributed by atoms with E-state index in [1.165, 1.54) is 0 Å². The number of nitrogens with two attached hydrogens (primary N) is 1. The second-order valence-corrected chi connectivity index (χ2v) is 7.15. The molecule has 24 heavy (non-hydrogen) atoms. The molecule has 0 aliphatic heterocycles. The molecule has 1 aromatic rings. The van der Waals surface area contributed by atoms with Crippen molar-refractivity contribution in [2.24, 2.45) is 10.7 Å². The minimum atomic E-state index is -3.53. The van der Waals surface area contributed by atoms with Crippen molar-refractivity contribution < 1.29 is 13.2 Å². The second-order valence-electron chi connectivity index (χ2n) is 5.41. The topological polar surface area (TPSA) is 106 Å². The van der Waals surface area contributed by atoms with Gasteiger partial charge < -0.3 is 15.8 Å². The molecule has 4 N–H and O–H groups in total. The highest BCUT2D eigenvalue weighted by atomic mass is 32.2. The third-order valence-electron chi connectivity index (χ3n) is 3.29. The van der Waals surface area contributed by atoms with Crippen LogP contribution in [0.15, 0.2) is 28.1 Å². The number of hydrogen-bond donors (Lipinski definition) is 3. The summed E-state index contributed by atoms with van der Waals surface area (Å²) in [6.07, 6.45) is 0.801.